The van der Waals surface area contributed by atoms with Gasteiger partial charge in [-0.15, -0.1) is 0 Å². The van der Waals surface area contributed by atoms with E-state index in [0.29, 0.717) is 13.0 Å². The smallest absolute Gasteiger partial charge is 0.240 e. The van der Waals surface area contributed by atoms with E-state index in [2.05, 4.69) is 24.4 Å². The predicted octanol–water partition coefficient (Wildman–Crippen LogP) is 2.80. The van der Waals surface area contributed by atoms with Gasteiger partial charge >= 0.3 is 0 Å². The summed E-state index contributed by atoms with van der Waals surface area (Å²) in [6.07, 6.45) is 6.19. The highest BCUT2D eigenvalue weighted by atomic mass is 16.2. The molecule has 4 nitrogen and oxygen atoms in total. The maximum atomic E-state index is 13.1. The molecule has 0 bridgehead atoms. The van der Waals surface area contributed by atoms with Crippen LogP contribution in [0.1, 0.15) is 56.6 Å². The minimum absolute atomic E-state index is 0.0122. The summed E-state index contributed by atoms with van der Waals surface area (Å²) >= 11 is 0. The number of hydrogen-bond donors (Lipinski definition) is 1. The zero-order chi connectivity index (χ0) is 17.0. The van der Waals surface area contributed by atoms with Gasteiger partial charge in [-0.05, 0) is 62.7 Å². The Bertz CT molecular complexity index is 613. The number of carbonyl (C=O) groups is 2. The number of nitrogens with zero attached hydrogens (tertiary/aromatic N) is 1. The molecule has 1 saturated heterocycles. The molecular weight excluding hydrogens is 300 g/mol. The number of aryl methyl sites for hydroxylation is 1. The van der Waals surface area contributed by atoms with E-state index >= 15 is 0 Å². The number of benzene rings is 1. The highest BCUT2D eigenvalue weighted by Gasteiger charge is 2.53. The lowest BCUT2D eigenvalue weighted by molar-refractivity contribution is -0.140. The van der Waals surface area contributed by atoms with Crippen molar-refractivity contribution in [2.45, 2.75) is 57.3 Å². The molecule has 1 aliphatic heterocycles. The summed E-state index contributed by atoms with van der Waals surface area (Å²) in [6, 6.07) is 8.18. The van der Waals surface area contributed by atoms with Gasteiger partial charge < -0.3 is 5.32 Å². The van der Waals surface area contributed by atoms with Crippen LogP contribution in [0.5, 0.6) is 0 Å². The van der Waals surface area contributed by atoms with E-state index in [1.54, 1.807) is 0 Å². The van der Waals surface area contributed by atoms with Crippen molar-refractivity contribution in [2.75, 3.05) is 19.6 Å². The molecule has 1 atom stereocenters. The number of amides is 2. The Morgan fingerprint density at radius 3 is 2.83 bits per heavy atom. The lowest BCUT2D eigenvalue weighted by Crippen LogP contribution is -2.41. The Hall–Kier alpha value is -1.68. The number of likely N-dealkylation sites (tertiary alicyclic amines) is 1. The summed E-state index contributed by atoms with van der Waals surface area (Å²) in [4.78, 5) is 27.2. The number of nitrogens with one attached hydrogen (secondary N) is 1. The Morgan fingerprint density at radius 1 is 1.17 bits per heavy atom. The third-order valence-corrected chi connectivity index (χ3v) is 5.40. The van der Waals surface area contributed by atoms with Crippen LogP contribution in [0, 0.1) is 0 Å². The molecule has 0 aromatic heterocycles. The maximum absolute atomic E-state index is 13.1. The number of hydrogen-bond acceptors (Lipinski definition) is 3. The van der Waals surface area contributed by atoms with Crippen LogP contribution in [0.15, 0.2) is 24.3 Å². The molecule has 130 valence electrons. The number of rotatable bonds is 7. The van der Waals surface area contributed by atoms with Gasteiger partial charge in [0.2, 0.25) is 11.8 Å². The second-order valence-corrected chi connectivity index (χ2v) is 7.08. The van der Waals surface area contributed by atoms with Crippen molar-refractivity contribution in [3.05, 3.63) is 35.4 Å². The molecule has 2 amide bonds. The molecule has 1 unspecified atom stereocenters. The van der Waals surface area contributed by atoms with Gasteiger partial charge in [0, 0.05) is 13.0 Å². The van der Waals surface area contributed by atoms with Crippen molar-refractivity contribution in [2.24, 2.45) is 0 Å². The molecule has 1 N–H and O–H groups in total. The van der Waals surface area contributed by atoms with E-state index in [-0.39, 0.29) is 11.8 Å². The van der Waals surface area contributed by atoms with Crippen LogP contribution in [0.4, 0.5) is 0 Å². The lowest BCUT2D eigenvalue weighted by Gasteiger charge is -2.33. The highest BCUT2D eigenvalue weighted by Crippen LogP contribution is 2.45. The van der Waals surface area contributed by atoms with Crippen LogP contribution in [0.2, 0.25) is 0 Å². The largest absolute Gasteiger partial charge is 0.317 e. The number of imide groups is 1. The zero-order valence-electron chi connectivity index (χ0n) is 14.6. The van der Waals surface area contributed by atoms with E-state index in [0.717, 1.165) is 57.2 Å². The van der Waals surface area contributed by atoms with Gasteiger partial charge in [-0.1, -0.05) is 31.2 Å². The van der Waals surface area contributed by atoms with Crippen molar-refractivity contribution >= 4 is 11.8 Å². The van der Waals surface area contributed by atoms with Crippen molar-refractivity contribution in [1.29, 1.82) is 0 Å². The van der Waals surface area contributed by atoms with E-state index in [4.69, 9.17) is 0 Å². The van der Waals surface area contributed by atoms with Gasteiger partial charge in [0.25, 0.3) is 0 Å². The molecule has 1 aromatic rings. The SMILES string of the molecule is CCCNCCCCN1C(=O)CC2(CCCc3ccccc32)C1=O. The van der Waals surface area contributed by atoms with Gasteiger partial charge in [0.1, 0.15) is 0 Å². The predicted molar refractivity (Wildman–Crippen MR) is 94.8 cm³/mol. The Balaban J connectivity index is 1.67. The molecule has 1 spiro atoms. The summed E-state index contributed by atoms with van der Waals surface area (Å²) in [6.45, 7) is 4.70. The zero-order valence-corrected chi connectivity index (χ0v) is 14.6. The number of carbonyl (C=O) groups excluding carboxylic acids is 2. The third-order valence-electron chi connectivity index (χ3n) is 5.40. The fourth-order valence-corrected chi connectivity index (χ4v) is 4.17. The van der Waals surface area contributed by atoms with Crippen molar-refractivity contribution in [3.8, 4) is 0 Å². The minimum Gasteiger partial charge on any atom is -0.317 e. The van der Waals surface area contributed by atoms with Crippen LogP contribution in [-0.4, -0.2) is 36.3 Å². The second kappa shape index (κ2) is 7.47. The molecular formula is C20H28N2O2. The first-order valence-corrected chi connectivity index (χ1v) is 9.33. The van der Waals surface area contributed by atoms with E-state index in [1.165, 1.54) is 10.5 Å². The van der Waals surface area contributed by atoms with E-state index < -0.39 is 5.41 Å². The molecule has 1 aromatic carbocycles. The first-order valence-electron chi connectivity index (χ1n) is 9.33. The Labute approximate surface area is 144 Å². The average Bonchev–Trinajstić information content (AvgIpc) is 2.83. The fraction of sp³-hybridized carbons (Fsp3) is 0.600. The quantitative estimate of drug-likeness (QED) is 0.618. The molecule has 0 saturated carbocycles. The van der Waals surface area contributed by atoms with Crippen LogP contribution < -0.4 is 5.32 Å². The molecule has 1 heterocycles. The molecule has 0 radical (unpaired) electrons. The van der Waals surface area contributed by atoms with Gasteiger partial charge in [-0.2, -0.15) is 0 Å². The number of unbranched alkanes of at least 4 members (excludes halogenated alkanes) is 1. The Morgan fingerprint density at radius 2 is 2.00 bits per heavy atom. The summed E-state index contributed by atoms with van der Waals surface area (Å²) in [7, 11) is 0. The van der Waals surface area contributed by atoms with E-state index in [9.17, 15) is 9.59 Å². The van der Waals surface area contributed by atoms with Crippen LogP contribution in [0.25, 0.3) is 0 Å². The topological polar surface area (TPSA) is 49.4 Å². The average molecular weight is 328 g/mol. The normalized spacial score (nSPS) is 23.1. The van der Waals surface area contributed by atoms with Crippen LogP contribution >= 0.6 is 0 Å². The summed E-state index contributed by atoms with van der Waals surface area (Å²) in [5.74, 6) is 0.0550. The monoisotopic (exact) mass is 328 g/mol. The summed E-state index contributed by atoms with van der Waals surface area (Å²) in [5.41, 5.74) is 1.77. The molecule has 4 heteroatoms. The maximum Gasteiger partial charge on any atom is 0.240 e. The molecule has 1 aliphatic carbocycles. The highest BCUT2D eigenvalue weighted by molar-refractivity contribution is 6.09. The lowest BCUT2D eigenvalue weighted by atomic mass is 9.69. The molecule has 1 fully saturated rings. The van der Waals surface area contributed by atoms with Crippen molar-refractivity contribution < 1.29 is 9.59 Å². The molecule has 3 rings (SSSR count). The minimum atomic E-state index is -0.577. The second-order valence-electron chi connectivity index (χ2n) is 7.08. The van der Waals surface area contributed by atoms with Gasteiger partial charge in [0.05, 0.1) is 5.41 Å². The van der Waals surface area contributed by atoms with Crippen LogP contribution in [-0.2, 0) is 21.4 Å². The first-order chi connectivity index (χ1) is 11.7. The van der Waals surface area contributed by atoms with Gasteiger partial charge in [-0.3, -0.25) is 14.5 Å². The van der Waals surface area contributed by atoms with Gasteiger partial charge in [-0.25, -0.2) is 0 Å². The standard InChI is InChI=1S/C20H28N2O2/c1-2-12-21-13-5-6-14-22-18(23)15-20(19(22)24)11-7-9-16-8-3-4-10-17(16)20/h3-4,8,10,21H,2,5-7,9,11-15H2,1H3. The summed E-state index contributed by atoms with van der Waals surface area (Å²) < 4.78 is 0. The van der Waals surface area contributed by atoms with Gasteiger partial charge in [0.15, 0.2) is 0 Å². The summed E-state index contributed by atoms with van der Waals surface area (Å²) in [5, 5.41) is 3.36. The van der Waals surface area contributed by atoms with Crippen LogP contribution in [0.3, 0.4) is 0 Å². The molecule has 2 aliphatic rings. The first kappa shape index (κ1) is 17.2. The van der Waals surface area contributed by atoms with Crippen molar-refractivity contribution in [1.82, 2.24) is 10.2 Å². The number of fused-ring (bicyclic) bond motifs is 2. The fourth-order valence-electron chi connectivity index (χ4n) is 4.17. The van der Waals surface area contributed by atoms with E-state index in [1.807, 2.05) is 12.1 Å². The third kappa shape index (κ3) is 3.12. The van der Waals surface area contributed by atoms with Crippen molar-refractivity contribution in [3.63, 3.8) is 0 Å². The Kier molecular flexibility index (Phi) is 5.34. The molecule has 24 heavy (non-hydrogen) atoms.